The number of hydrogen-bond donors (Lipinski definition) is 0. The van der Waals surface area contributed by atoms with Gasteiger partial charge in [-0.05, 0) is 215 Å². The van der Waals surface area contributed by atoms with E-state index in [1.807, 2.05) is 0 Å². The minimum absolute atomic E-state index is 0.609. The second-order valence-corrected chi connectivity index (χ2v) is 37.7. The summed E-state index contributed by atoms with van der Waals surface area (Å²) in [4.78, 5) is 0. The minimum Gasteiger partial charge on any atom is -0.0625 e. The van der Waals surface area contributed by atoms with E-state index in [2.05, 4.69) is 222 Å². The van der Waals surface area contributed by atoms with E-state index >= 15 is 0 Å². The molecule has 80 heavy (non-hydrogen) atoms. The Kier molecular flexibility index (Phi) is 32.5. The van der Waals surface area contributed by atoms with E-state index in [0.29, 0.717) is 43.3 Å². The summed E-state index contributed by atoms with van der Waals surface area (Å²) in [6, 6.07) is 0. The van der Waals surface area contributed by atoms with Gasteiger partial charge in [0.05, 0.1) is 0 Å². The molecule has 0 bridgehead atoms. The van der Waals surface area contributed by atoms with E-state index < -0.39 is 0 Å². The molecule has 0 N–H and O–H groups in total. The maximum absolute atomic E-state index is 2.41. The molecule has 8 saturated carbocycles. The van der Waals surface area contributed by atoms with Gasteiger partial charge in [0.15, 0.2) is 0 Å². The highest BCUT2D eigenvalue weighted by Crippen LogP contribution is 2.49. The highest BCUT2D eigenvalue weighted by Gasteiger charge is 2.38. The first kappa shape index (κ1) is 78.0. The molecule has 0 aromatic carbocycles. The molecule has 0 saturated heterocycles. The van der Waals surface area contributed by atoms with Crippen LogP contribution in [0.1, 0.15) is 376 Å². The van der Waals surface area contributed by atoms with Crippen molar-refractivity contribution in [3.8, 4) is 0 Å². The van der Waals surface area contributed by atoms with Crippen molar-refractivity contribution >= 4 is 0 Å². The highest BCUT2D eigenvalue weighted by molar-refractivity contribution is 4.89. The van der Waals surface area contributed by atoms with Crippen LogP contribution < -0.4 is 0 Å². The highest BCUT2D eigenvalue weighted by atomic mass is 14.4. The maximum atomic E-state index is 2.41. The fourth-order valence-electron chi connectivity index (χ4n) is 17.0. The third kappa shape index (κ3) is 26.5. The molecular weight excluding hydrogens is 961 g/mol. The van der Waals surface area contributed by atoms with Crippen molar-refractivity contribution in [3.05, 3.63) is 0 Å². The zero-order valence-electron chi connectivity index (χ0n) is 62.2. The topological polar surface area (TPSA) is 0 Å². The van der Waals surface area contributed by atoms with Crippen LogP contribution in [0.3, 0.4) is 0 Å². The summed E-state index contributed by atoms with van der Waals surface area (Å²) < 4.78 is 0. The summed E-state index contributed by atoms with van der Waals surface area (Å²) in [5, 5.41) is 0. The van der Waals surface area contributed by atoms with E-state index in [9.17, 15) is 0 Å². The summed E-state index contributed by atoms with van der Waals surface area (Å²) in [6.45, 7) is 76.9. The SMILES string of the molecule is C[C@@H]1CCCC(C)(C)[C@@H]1C.C[C@@H]1CCCC(C)(C)[C@H]1C.C[C@@H]1CC[C@@H](C)C(C)(C)C1.C[C@@H]1CC[C@H](C)C(C)(C)C1.C[C@@H]1[C@@H](C)CCCC1(C)C.C[C@H]1CCCC(C)(C)[C@H]1C.C[C@H]1CC[C@@H](C)C(C)(C)C1.C[C@H]1CC[C@H](C)C(C)(C)C1. The molecule has 8 aliphatic carbocycles. The summed E-state index contributed by atoms with van der Waals surface area (Å²) >= 11 is 0. The Labute approximate surface area is 511 Å². The molecule has 8 fully saturated rings. The quantitative estimate of drug-likeness (QED) is 0.227. The fourth-order valence-corrected chi connectivity index (χ4v) is 17.0. The van der Waals surface area contributed by atoms with Crippen LogP contribution in [0.2, 0.25) is 0 Å². The first-order valence-electron chi connectivity index (χ1n) is 36.2. The van der Waals surface area contributed by atoms with Gasteiger partial charge in [-0.15, -0.1) is 0 Å². The molecule has 0 unspecified atom stereocenters. The van der Waals surface area contributed by atoms with Gasteiger partial charge in [0, 0.05) is 0 Å². The van der Waals surface area contributed by atoms with Gasteiger partial charge in [-0.3, -0.25) is 0 Å². The largest absolute Gasteiger partial charge is 0.0625 e. The monoisotopic (exact) mass is 1120 g/mol. The zero-order valence-corrected chi connectivity index (χ0v) is 62.2. The first-order valence-corrected chi connectivity index (χ1v) is 36.2. The molecule has 0 aliphatic heterocycles. The predicted molar refractivity (Wildman–Crippen MR) is 368 cm³/mol. The number of rotatable bonds is 0. The van der Waals surface area contributed by atoms with E-state index in [-0.39, 0.29) is 0 Å². The summed E-state index contributed by atoms with van der Waals surface area (Å²) in [6.07, 6.45) is 34.5. The van der Waals surface area contributed by atoms with E-state index in [1.165, 1.54) is 154 Å². The molecule has 0 amide bonds. The molecule has 8 aliphatic rings. The first-order chi connectivity index (χ1) is 36.2. The van der Waals surface area contributed by atoms with E-state index in [1.54, 1.807) is 0 Å². The van der Waals surface area contributed by atoms with Gasteiger partial charge in [-0.1, -0.05) is 299 Å². The third-order valence-electron chi connectivity index (χ3n) is 27.5. The zero-order chi connectivity index (χ0) is 62.2. The van der Waals surface area contributed by atoms with Crippen LogP contribution in [0.15, 0.2) is 0 Å². The van der Waals surface area contributed by atoms with Crippen LogP contribution in [0, 0.1) is 138 Å². The van der Waals surface area contributed by atoms with Gasteiger partial charge >= 0.3 is 0 Å². The lowest BCUT2D eigenvalue weighted by atomic mass is 9.65. The van der Waals surface area contributed by atoms with Crippen LogP contribution in [0.25, 0.3) is 0 Å². The molecule has 16 atom stereocenters. The lowest BCUT2D eigenvalue weighted by Crippen LogP contribution is -2.31. The fraction of sp³-hybridized carbons (Fsp3) is 1.00. The Hall–Kier alpha value is 0. The van der Waals surface area contributed by atoms with Crippen molar-refractivity contribution in [2.75, 3.05) is 0 Å². The van der Waals surface area contributed by atoms with Crippen LogP contribution in [-0.2, 0) is 0 Å². The summed E-state index contributed by atoms with van der Waals surface area (Å²) in [5.41, 5.74) is 4.87. The average molecular weight is 1120 g/mol. The van der Waals surface area contributed by atoms with Gasteiger partial charge in [0.25, 0.3) is 0 Å². The molecule has 0 heteroatoms. The Balaban J connectivity index is 0.000000457. The van der Waals surface area contributed by atoms with Crippen LogP contribution in [0.5, 0.6) is 0 Å². The van der Waals surface area contributed by atoms with E-state index in [4.69, 9.17) is 0 Å². The molecule has 480 valence electrons. The molecule has 0 radical (unpaired) electrons. The van der Waals surface area contributed by atoms with Gasteiger partial charge in [-0.2, -0.15) is 0 Å². The lowest BCUT2D eigenvalue weighted by Gasteiger charge is -2.40. The van der Waals surface area contributed by atoms with Crippen molar-refractivity contribution < 1.29 is 0 Å². The Bertz CT molecular complexity index is 1380. The summed E-state index contributed by atoms with van der Waals surface area (Å²) in [7, 11) is 0. The van der Waals surface area contributed by atoms with Crippen molar-refractivity contribution in [2.24, 2.45) is 138 Å². The summed E-state index contributed by atoms with van der Waals surface area (Å²) in [5.74, 6) is 15.1. The average Bonchev–Trinajstić information content (AvgIpc) is 3.32. The Morgan fingerprint density at radius 3 is 0.438 bits per heavy atom. The lowest BCUT2D eigenvalue weighted by molar-refractivity contribution is 0.0995. The van der Waals surface area contributed by atoms with Crippen LogP contribution in [0.4, 0.5) is 0 Å². The smallest absolute Gasteiger partial charge is 0.0326 e. The molecule has 0 aromatic rings. The van der Waals surface area contributed by atoms with Crippen molar-refractivity contribution in [2.45, 2.75) is 376 Å². The third-order valence-corrected chi connectivity index (χ3v) is 27.5. The van der Waals surface area contributed by atoms with Crippen LogP contribution in [-0.4, -0.2) is 0 Å². The molecule has 0 nitrogen and oxygen atoms in total. The van der Waals surface area contributed by atoms with E-state index in [0.717, 1.165) is 94.7 Å². The van der Waals surface area contributed by atoms with Crippen molar-refractivity contribution in [1.29, 1.82) is 0 Å². The Morgan fingerprint density at radius 2 is 0.338 bits per heavy atom. The molecule has 0 heterocycles. The molecule has 0 spiro atoms. The van der Waals surface area contributed by atoms with Gasteiger partial charge < -0.3 is 0 Å². The normalized spacial score (nSPS) is 39.6. The minimum atomic E-state index is 0.609. The number of hydrogen-bond acceptors (Lipinski definition) is 0. The second-order valence-electron chi connectivity index (χ2n) is 37.7. The molecular formula is C80H160. The molecule has 0 aromatic heterocycles. The van der Waals surface area contributed by atoms with Crippen molar-refractivity contribution in [3.63, 3.8) is 0 Å². The van der Waals surface area contributed by atoms with Crippen LogP contribution >= 0.6 is 0 Å². The standard InChI is InChI=1S/8C10H20/c4*1-8-5-6-9(2)10(3,4)7-8;4*1-8-6-5-7-10(3,4)9(8)2/h8*8-9H,5-7H2,1-4H3/t2*8-,9+;2*8-,9-;2*8-,9+;2*8-,9-/m10101010/s1. The van der Waals surface area contributed by atoms with Gasteiger partial charge in [0.1, 0.15) is 0 Å². The maximum Gasteiger partial charge on any atom is -0.0326 e. The molecule has 8 rings (SSSR count). The van der Waals surface area contributed by atoms with Gasteiger partial charge in [0.2, 0.25) is 0 Å². The predicted octanol–water partition coefficient (Wildman–Crippen LogP) is 27.7. The van der Waals surface area contributed by atoms with Crippen molar-refractivity contribution in [1.82, 2.24) is 0 Å². The Morgan fingerprint density at radius 1 is 0.188 bits per heavy atom. The second kappa shape index (κ2) is 33.4. The van der Waals surface area contributed by atoms with Gasteiger partial charge in [-0.25, -0.2) is 0 Å².